The van der Waals surface area contributed by atoms with E-state index in [4.69, 9.17) is 4.74 Å². The number of aliphatic imine (C=N–C) groups is 1. The second kappa shape index (κ2) is 5.63. The molecular weight excluding hydrogens is 256 g/mol. The number of methoxy groups -OCH3 is 1. The van der Waals surface area contributed by atoms with Crippen molar-refractivity contribution in [1.82, 2.24) is 0 Å². The highest BCUT2D eigenvalue weighted by atomic mass is 16.5. The smallest absolute Gasteiger partial charge is 0.351 e. The minimum Gasteiger partial charge on any atom is -0.465 e. The van der Waals surface area contributed by atoms with Crippen LogP contribution in [0.4, 0.5) is 5.69 Å². The number of ether oxygens (including phenoxy) is 1. The second-order valence-corrected chi connectivity index (χ2v) is 5.42. The zero-order valence-electron chi connectivity index (χ0n) is 12.0. The lowest BCUT2D eigenvalue weighted by atomic mass is 9.92. The summed E-state index contributed by atoms with van der Waals surface area (Å²) >= 11 is 0. The fourth-order valence-corrected chi connectivity index (χ4v) is 2.42. The maximum absolute atomic E-state index is 11.5. The van der Waals surface area contributed by atoms with Gasteiger partial charge in [0.15, 0.2) is 0 Å². The van der Waals surface area contributed by atoms with Crippen molar-refractivity contribution < 1.29 is 14.7 Å². The molecule has 1 aromatic carbocycles. The van der Waals surface area contributed by atoms with Gasteiger partial charge in [-0.15, -0.1) is 0 Å². The van der Waals surface area contributed by atoms with Crippen LogP contribution in [0.2, 0.25) is 0 Å². The van der Waals surface area contributed by atoms with Crippen molar-refractivity contribution in [1.29, 1.82) is 0 Å². The highest BCUT2D eigenvalue weighted by Gasteiger charge is 2.39. The summed E-state index contributed by atoms with van der Waals surface area (Å²) in [7, 11) is 1.35. The van der Waals surface area contributed by atoms with E-state index in [1.54, 1.807) is 0 Å². The number of nitrogens with zero attached hydrogens (tertiary/aromatic N) is 2. The normalized spacial score (nSPS) is 18.6. The monoisotopic (exact) mass is 276 g/mol. The Kier molecular flexibility index (Phi) is 4.09. The van der Waals surface area contributed by atoms with Gasteiger partial charge in [0.05, 0.1) is 24.4 Å². The van der Waals surface area contributed by atoms with Crippen LogP contribution in [0, 0.1) is 0 Å². The Bertz CT molecular complexity index is 511. The van der Waals surface area contributed by atoms with Crippen LogP contribution in [0.3, 0.4) is 0 Å². The van der Waals surface area contributed by atoms with Gasteiger partial charge in [-0.05, 0) is 38.8 Å². The Hall–Kier alpha value is -1.88. The van der Waals surface area contributed by atoms with E-state index in [1.165, 1.54) is 12.2 Å². The summed E-state index contributed by atoms with van der Waals surface area (Å²) in [5, 5.41) is 11.7. The van der Waals surface area contributed by atoms with Crippen molar-refractivity contribution >= 4 is 17.4 Å². The molecule has 0 saturated carbocycles. The highest BCUT2D eigenvalue weighted by Crippen LogP contribution is 2.31. The molecule has 1 aromatic rings. The topological polar surface area (TPSA) is 62.1 Å². The van der Waals surface area contributed by atoms with E-state index in [1.807, 2.05) is 44.2 Å². The molecule has 0 aromatic heterocycles. The van der Waals surface area contributed by atoms with E-state index in [-0.39, 0.29) is 12.0 Å². The third-order valence-electron chi connectivity index (χ3n) is 3.75. The number of hydrogen-bond donors (Lipinski definition) is 1. The van der Waals surface area contributed by atoms with Crippen molar-refractivity contribution in [2.24, 2.45) is 4.99 Å². The molecule has 0 radical (unpaired) electrons. The molecule has 2 rings (SSSR count). The molecule has 5 nitrogen and oxygen atoms in total. The van der Waals surface area contributed by atoms with Crippen molar-refractivity contribution in [3.63, 3.8) is 0 Å². The molecule has 1 atom stereocenters. The minimum absolute atomic E-state index is 0.151. The SMILES string of the molecule is COC(=O)C1=NC(C(C)(C)N(O)c2ccccc2)CC1. The number of carbonyl (C=O) groups excluding carboxylic acids is 1. The van der Waals surface area contributed by atoms with Crippen LogP contribution in [-0.4, -0.2) is 35.6 Å². The van der Waals surface area contributed by atoms with Gasteiger partial charge in [-0.1, -0.05) is 18.2 Å². The summed E-state index contributed by atoms with van der Waals surface area (Å²) in [4.78, 5) is 15.9. The van der Waals surface area contributed by atoms with E-state index >= 15 is 0 Å². The molecule has 1 N–H and O–H groups in total. The van der Waals surface area contributed by atoms with Gasteiger partial charge in [0.2, 0.25) is 0 Å². The van der Waals surface area contributed by atoms with Crippen LogP contribution >= 0.6 is 0 Å². The maximum Gasteiger partial charge on any atom is 0.351 e. The van der Waals surface area contributed by atoms with Gasteiger partial charge in [0.1, 0.15) is 5.71 Å². The largest absolute Gasteiger partial charge is 0.465 e. The molecule has 108 valence electrons. The number of hydrogen-bond acceptors (Lipinski definition) is 5. The molecule has 1 aliphatic heterocycles. The lowest BCUT2D eigenvalue weighted by Crippen LogP contribution is -2.49. The average Bonchev–Trinajstić information content (AvgIpc) is 2.97. The first-order valence-corrected chi connectivity index (χ1v) is 6.66. The number of esters is 1. The molecular formula is C15H20N2O3. The zero-order chi connectivity index (χ0) is 14.8. The van der Waals surface area contributed by atoms with Crippen LogP contribution in [0.15, 0.2) is 35.3 Å². The quantitative estimate of drug-likeness (QED) is 0.677. The number of rotatable bonds is 4. The van der Waals surface area contributed by atoms with Crippen molar-refractivity contribution in [3.05, 3.63) is 30.3 Å². The molecule has 0 fully saturated rings. The highest BCUT2D eigenvalue weighted by molar-refractivity contribution is 6.36. The molecule has 0 amide bonds. The number of carbonyl (C=O) groups is 1. The summed E-state index contributed by atoms with van der Waals surface area (Å²) in [5.41, 5.74) is 0.558. The fraction of sp³-hybridized carbons (Fsp3) is 0.467. The number of para-hydroxylation sites is 1. The van der Waals surface area contributed by atoms with E-state index in [0.29, 0.717) is 17.8 Å². The van der Waals surface area contributed by atoms with Crippen LogP contribution in [-0.2, 0) is 9.53 Å². The molecule has 20 heavy (non-hydrogen) atoms. The third-order valence-corrected chi connectivity index (χ3v) is 3.75. The van der Waals surface area contributed by atoms with Gasteiger partial charge < -0.3 is 4.74 Å². The van der Waals surface area contributed by atoms with Crippen molar-refractivity contribution in [3.8, 4) is 0 Å². The molecule has 1 unspecified atom stereocenters. The van der Waals surface area contributed by atoms with Gasteiger partial charge in [0, 0.05) is 0 Å². The summed E-state index contributed by atoms with van der Waals surface area (Å²) < 4.78 is 4.69. The first-order chi connectivity index (χ1) is 9.46. The van der Waals surface area contributed by atoms with Crippen molar-refractivity contribution in [2.75, 3.05) is 12.2 Å². The molecule has 0 spiro atoms. The number of anilines is 1. The Morgan fingerprint density at radius 3 is 2.65 bits per heavy atom. The Morgan fingerprint density at radius 1 is 1.40 bits per heavy atom. The van der Waals surface area contributed by atoms with Gasteiger partial charge in [-0.25, -0.2) is 9.86 Å². The van der Waals surface area contributed by atoms with Crippen LogP contribution in [0.5, 0.6) is 0 Å². The van der Waals surface area contributed by atoms with Gasteiger partial charge in [0.25, 0.3) is 0 Å². The number of benzene rings is 1. The molecule has 5 heteroatoms. The molecule has 0 bridgehead atoms. The lowest BCUT2D eigenvalue weighted by Gasteiger charge is -2.38. The first-order valence-electron chi connectivity index (χ1n) is 6.66. The van der Waals surface area contributed by atoms with E-state index in [9.17, 15) is 10.0 Å². The van der Waals surface area contributed by atoms with Crippen LogP contribution in [0.1, 0.15) is 26.7 Å². The summed E-state index contributed by atoms with van der Waals surface area (Å²) in [5.74, 6) is -0.382. The van der Waals surface area contributed by atoms with Crippen molar-refractivity contribution in [2.45, 2.75) is 38.3 Å². The standard InChI is InChI=1S/C15H20N2O3/c1-15(2,17(19)11-7-5-4-6-8-11)13-10-9-12(16-13)14(18)20-3/h4-8,13,19H,9-10H2,1-3H3. The van der Waals surface area contributed by atoms with Gasteiger partial charge in [-0.2, -0.15) is 0 Å². The zero-order valence-corrected chi connectivity index (χ0v) is 12.0. The van der Waals surface area contributed by atoms with Crippen LogP contribution in [0.25, 0.3) is 0 Å². The Balaban J connectivity index is 2.19. The second-order valence-electron chi connectivity index (χ2n) is 5.42. The molecule has 1 aliphatic rings. The third kappa shape index (κ3) is 2.67. The predicted molar refractivity (Wildman–Crippen MR) is 77.3 cm³/mol. The molecule has 0 saturated heterocycles. The number of hydroxylamine groups is 1. The van der Waals surface area contributed by atoms with Crippen LogP contribution < -0.4 is 5.06 Å². The Morgan fingerprint density at radius 2 is 2.05 bits per heavy atom. The van der Waals surface area contributed by atoms with Gasteiger partial charge in [-0.3, -0.25) is 10.2 Å². The van der Waals surface area contributed by atoms with Gasteiger partial charge >= 0.3 is 5.97 Å². The average molecular weight is 276 g/mol. The Labute approximate surface area is 118 Å². The summed E-state index contributed by atoms with van der Waals surface area (Å²) in [6.07, 6.45) is 1.31. The fourth-order valence-electron chi connectivity index (χ4n) is 2.42. The van der Waals surface area contributed by atoms with E-state index < -0.39 is 5.54 Å². The molecule has 1 heterocycles. The maximum atomic E-state index is 11.5. The summed E-state index contributed by atoms with van der Waals surface area (Å²) in [6, 6.07) is 9.15. The minimum atomic E-state index is -0.600. The molecule has 0 aliphatic carbocycles. The predicted octanol–water partition coefficient (Wildman–Crippen LogP) is 2.44. The van der Waals surface area contributed by atoms with E-state index in [2.05, 4.69) is 4.99 Å². The van der Waals surface area contributed by atoms with E-state index in [0.717, 1.165) is 6.42 Å². The summed E-state index contributed by atoms with van der Waals surface area (Å²) in [6.45, 7) is 3.82. The first kappa shape index (κ1) is 14.5. The lowest BCUT2D eigenvalue weighted by molar-refractivity contribution is -0.132.